The first kappa shape index (κ1) is 20.3. The zero-order valence-electron chi connectivity index (χ0n) is 17.5. The third-order valence-corrected chi connectivity index (χ3v) is 5.29. The summed E-state index contributed by atoms with van der Waals surface area (Å²) in [5.41, 5.74) is 2.93. The van der Waals surface area contributed by atoms with Gasteiger partial charge in [0.1, 0.15) is 5.82 Å². The van der Waals surface area contributed by atoms with Gasteiger partial charge < -0.3 is 20.4 Å². The van der Waals surface area contributed by atoms with Gasteiger partial charge in [-0.2, -0.15) is 4.98 Å². The Hall–Kier alpha value is -3.03. The molecule has 0 aliphatic carbocycles. The average molecular weight is 404 g/mol. The van der Waals surface area contributed by atoms with Crippen molar-refractivity contribution in [1.82, 2.24) is 24.8 Å². The van der Waals surface area contributed by atoms with E-state index in [1.54, 1.807) is 12.4 Å². The Morgan fingerprint density at radius 3 is 2.67 bits per heavy atom. The fraction of sp³-hybridized carbons (Fsp3) is 0.348. The Labute approximate surface area is 178 Å². The van der Waals surface area contributed by atoms with Crippen LogP contribution in [0, 0.1) is 0 Å². The summed E-state index contributed by atoms with van der Waals surface area (Å²) in [5, 5.41) is 6.72. The van der Waals surface area contributed by atoms with Crippen LogP contribution in [0.25, 0.3) is 11.3 Å². The highest BCUT2D eigenvalue weighted by Crippen LogP contribution is 2.22. The zero-order chi connectivity index (χ0) is 20.6. The highest BCUT2D eigenvalue weighted by Gasteiger charge is 2.12. The lowest BCUT2D eigenvalue weighted by Gasteiger charge is -2.32. The normalized spacial score (nSPS) is 15.1. The van der Waals surface area contributed by atoms with Crippen LogP contribution in [0.1, 0.15) is 6.42 Å². The summed E-state index contributed by atoms with van der Waals surface area (Å²) < 4.78 is 0. The van der Waals surface area contributed by atoms with Crippen LogP contribution in [0.2, 0.25) is 0 Å². The Balaban J connectivity index is 1.29. The molecule has 0 saturated carbocycles. The van der Waals surface area contributed by atoms with Crippen LogP contribution in [-0.2, 0) is 0 Å². The molecule has 30 heavy (non-hydrogen) atoms. The maximum atomic E-state index is 4.60. The lowest BCUT2D eigenvalue weighted by Crippen LogP contribution is -2.44. The van der Waals surface area contributed by atoms with Gasteiger partial charge in [0.25, 0.3) is 0 Å². The zero-order valence-corrected chi connectivity index (χ0v) is 17.5. The van der Waals surface area contributed by atoms with Gasteiger partial charge in [-0.25, -0.2) is 4.98 Å². The number of hydrogen-bond acceptors (Lipinski definition) is 7. The van der Waals surface area contributed by atoms with E-state index in [4.69, 9.17) is 0 Å². The summed E-state index contributed by atoms with van der Waals surface area (Å²) in [6.07, 6.45) is 4.68. The van der Waals surface area contributed by atoms with Gasteiger partial charge in [-0.3, -0.25) is 4.98 Å². The van der Waals surface area contributed by atoms with Crippen molar-refractivity contribution in [3.8, 4) is 11.3 Å². The van der Waals surface area contributed by atoms with Crippen LogP contribution in [0.5, 0.6) is 0 Å². The van der Waals surface area contributed by atoms with Crippen LogP contribution in [0.15, 0.2) is 60.9 Å². The summed E-state index contributed by atoms with van der Waals surface area (Å²) in [5.74, 6) is 1.42. The minimum absolute atomic E-state index is 0.581. The van der Waals surface area contributed by atoms with Gasteiger partial charge in [0.2, 0.25) is 5.95 Å². The van der Waals surface area contributed by atoms with Crippen LogP contribution in [-0.4, -0.2) is 71.1 Å². The van der Waals surface area contributed by atoms with Crippen LogP contribution >= 0.6 is 0 Å². The molecule has 1 aliphatic heterocycles. The van der Waals surface area contributed by atoms with E-state index < -0.39 is 0 Å². The number of benzene rings is 1. The molecule has 4 rings (SSSR count). The number of pyridine rings is 1. The highest BCUT2D eigenvalue weighted by atomic mass is 15.2. The maximum Gasteiger partial charge on any atom is 0.229 e. The summed E-state index contributed by atoms with van der Waals surface area (Å²) >= 11 is 0. The van der Waals surface area contributed by atoms with Crippen LogP contribution in [0.3, 0.4) is 0 Å². The third kappa shape index (κ3) is 5.75. The van der Waals surface area contributed by atoms with Gasteiger partial charge in [-0.05, 0) is 50.3 Å². The monoisotopic (exact) mass is 403 g/mol. The Morgan fingerprint density at radius 1 is 0.933 bits per heavy atom. The molecule has 1 fully saturated rings. The van der Waals surface area contributed by atoms with Crippen LogP contribution < -0.4 is 10.6 Å². The molecule has 3 heterocycles. The van der Waals surface area contributed by atoms with Gasteiger partial charge in [0.05, 0.1) is 5.69 Å². The van der Waals surface area contributed by atoms with E-state index in [1.807, 2.05) is 42.5 Å². The van der Waals surface area contributed by atoms with E-state index in [-0.39, 0.29) is 0 Å². The maximum absolute atomic E-state index is 4.60. The van der Waals surface area contributed by atoms with E-state index >= 15 is 0 Å². The number of likely N-dealkylation sites (N-methyl/N-ethyl adjacent to an activating group) is 1. The molecule has 0 atom stereocenters. The molecule has 3 aromatic rings. The first-order valence-corrected chi connectivity index (χ1v) is 10.5. The molecule has 0 spiro atoms. The summed E-state index contributed by atoms with van der Waals surface area (Å²) in [7, 11) is 2.19. The molecule has 0 bridgehead atoms. The quantitative estimate of drug-likeness (QED) is 0.559. The second-order valence-corrected chi connectivity index (χ2v) is 7.61. The van der Waals surface area contributed by atoms with E-state index in [9.17, 15) is 0 Å². The molecule has 156 valence electrons. The van der Waals surface area contributed by atoms with Gasteiger partial charge in [0, 0.05) is 56.4 Å². The van der Waals surface area contributed by atoms with E-state index in [0.29, 0.717) is 5.95 Å². The number of piperazine rings is 1. The van der Waals surface area contributed by atoms with E-state index in [0.717, 1.165) is 68.5 Å². The summed E-state index contributed by atoms with van der Waals surface area (Å²) in [6, 6.07) is 15.9. The molecule has 0 amide bonds. The average Bonchev–Trinajstić information content (AvgIpc) is 2.79. The van der Waals surface area contributed by atoms with Crippen LogP contribution in [0.4, 0.5) is 17.5 Å². The fourth-order valence-electron chi connectivity index (χ4n) is 3.53. The number of anilines is 3. The van der Waals surface area contributed by atoms with Gasteiger partial charge in [-0.15, -0.1) is 0 Å². The van der Waals surface area contributed by atoms with E-state index in [1.165, 1.54) is 0 Å². The minimum Gasteiger partial charge on any atom is -0.370 e. The molecule has 1 aliphatic rings. The smallest absolute Gasteiger partial charge is 0.229 e. The predicted octanol–water partition coefficient (Wildman–Crippen LogP) is 3.33. The summed E-state index contributed by atoms with van der Waals surface area (Å²) in [6.45, 7) is 6.67. The number of hydrogen-bond donors (Lipinski definition) is 2. The molecule has 1 aromatic carbocycles. The number of nitrogens with one attached hydrogen (secondary N) is 2. The Kier molecular flexibility index (Phi) is 6.84. The van der Waals surface area contributed by atoms with Crippen molar-refractivity contribution >= 4 is 17.5 Å². The van der Waals surface area contributed by atoms with Crippen molar-refractivity contribution in [1.29, 1.82) is 0 Å². The van der Waals surface area contributed by atoms with E-state index in [2.05, 4.69) is 48.5 Å². The molecule has 7 nitrogen and oxygen atoms in total. The molecule has 2 N–H and O–H groups in total. The van der Waals surface area contributed by atoms with Gasteiger partial charge >= 0.3 is 0 Å². The fourth-order valence-corrected chi connectivity index (χ4v) is 3.53. The molecule has 1 saturated heterocycles. The Bertz CT molecular complexity index is 924. The second kappa shape index (κ2) is 10.1. The number of rotatable bonds is 8. The van der Waals surface area contributed by atoms with Crippen molar-refractivity contribution in [3.05, 3.63) is 60.9 Å². The van der Waals surface area contributed by atoms with Crippen molar-refractivity contribution in [2.75, 3.05) is 56.9 Å². The van der Waals surface area contributed by atoms with Gasteiger partial charge in [-0.1, -0.05) is 18.2 Å². The molecular formula is C23H29N7. The largest absolute Gasteiger partial charge is 0.370 e. The lowest BCUT2D eigenvalue weighted by molar-refractivity contribution is 0.154. The first-order chi connectivity index (χ1) is 14.8. The standard InChI is InChI=1S/C23H29N7/c1-29-14-16-30(17-15-29)13-5-11-25-22-9-12-26-23(28-22)27-20-7-4-6-19(18-20)21-8-2-3-10-24-21/h2-4,6-10,12,18H,5,11,13-17H2,1H3,(H2,25,26,27,28). The molecule has 2 aromatic heterocycles. The Morgan fingerprint density at radius 2 is 1.83 bits per heavy atom. The molecule has 0 radical (unpaired) electrons. The number of aromatic nitrogens is 3. The number of nitrogens with zero attached hydrogens (tertiary/aromatic N) is 5. The molecular weight excluding hydrogens is 374 g/mol. The second-order valence-electron chi connectivity index (χ2n) is 7.61. The lowest BCUT2D eigenvalue weighted by atomic mass is 10.1. The SMILES string of the molecule is CN1CCN(CCCNc2ccnc(Nc3cccc(-c4ccccn4)c3)n2)CC1. The summed E-state index contributed by atoms with van der Waals surface area (Å²) in [4.78, 5) is 18.3. The first-order valence-electron chi connectivity index (χ1n) is 10.5. The molecule has 0 unspecified atom stereocenters. The topological polar surface area (TPSA) is 69.2 Å². The third-order valence-electron chi connectivity index (χ3n) is 5.29. The van der Waals surface area contributed by atoms with Crippen molar-refractivity contribution in [2.24, 2.45) is 0 Å². The van der Waals surface area contributed by atoms with Crippen molar-refractivity contribution in [2.45, 2.75) is 6.42 Å². The molecule has 7 heteroatoms. The van der Waals surface area contributed by atoms with Crippen molar-refractivity contribution in [3.63, 3.8) is 0 Å². The highest BCUT2D eigenvalue weighted by molar-refractivity contribution is 5.67. The van der Waals surface area contributed by atoms with Gasteiger partial charge in [0.15, 0.2) is 0 Å². The van der Waals surface area contributed by atoms with Crippen molar-refractivity contribution < 1.29 is 0 Å². The predicted molar refractivity (Wildman–Crippen MR) is 122 cm³/mol. The minimum atomic E-state index is 0.581.